The van der Waals surface area contributed by atoms with E-state index in [1.54, 1.807) is 0 Å². The number of benzene rings is 3. The summed E-state index contributed by atoms with van der Waals surface area (Å²) in [6.07, 6.45) is 7.06. The maximum atomic E-state index is 13.0. The van der Waals surface area contributed by atoms with E-state index in [-0.39, 0.29) is 5.91 Å². The van der Waals surface area contributed by atoms with E-state index >= 15 is 0 Å². The van der Waals surface area contributed by atoms with Gasteiger partial charge in [-0.1, -0.05) is 92.7 Å². The number of aryl methyl sites for hydroxylation is 1. The lowest BCUT2D eigenvalue weighted by molar-refractivity contribution is -0.131. The maximum absolute atomic E-state index is 13.0. The average Bonchev–Trinajstić information content (AvgIpc) is 3.70. The standard InChI is InChI=1S/C36H42N6O/c1-4-21-41(3)25-34-37-23-32(39-34)30-16-12-28(13-17-30)29-14-18-31(19-15-29)33-24-38-35(40-33)26-42(22-5-2)36(43)20-11-27-9-7-6-8-10-27/h6-10,12-19,23-24H,4-5,11,20-22,25-26H2,1-3H3,(H,37,39)(H,38,40). The highest BCUT2D eigenvalue weighted by molar-refractivity contribution is 5.76. The smallest absolute Gasteiger partial charge is 0.223 e. The molecule has 0 aliphatic rings. The van der Waals surface area contributed by atoms with Crippen molar-refractivity contribution in [1.82, 2.24) is 29.7 Å². The molecule has 2 heterocycles. The van der Waals surface area contributed by atoms with Crippen molar-refractivity contribution in [3.05, 3.63) is 108 Å². The van der Waals surface area contributed by atoms with Crippen molar-refractivity contribution in [2.24, 2.45) is 0 Å². The highest BCUT2D eigenvalue weighted by atomic mass is 16.2. The molecule has 5 aromatic rings. The predicted molar refractivity (Wildman–Crippen MR) is 174 cm³/mol. The van der Waals surface area contributed by atoms with Crippen LogP contribution in [0, 0.1) is 0 Å². The van der Waals surface area contributed by atoms with Gasteiger partial charge in [-0.25, -0.2) is 9.97 Å². The maximum Gasteiger partial charge on any atom is 0.223 e. The predicted octanol–water partition coefficient (Wildman–Crippen LogP) is 7.35. The zero-order chi connectivity index (χ0) is 30.0. The zero-order valence-corrected chi connectivity index (χ0v) is 25.5. The van der Waals surface area contributed by atoms with Gasteiger partial charge in [-0.05, 0) is 60.7 Å². The first-order valence-electron chi connectivity index (χ1n) is 15.3. The normalized spacial score (nSPS) is 11.3. The van der Waals surface area contributed by atoms with Crippen molar-refractivity contribution in [3.63, 3.8) is 0 Å². The quantitative estimate of drug-likeness (QED) is 0.145. The Balaban J connectivity index is 1.19. The molecule has 0 bridgehead atoms. The minimum absolute atomic E-state index is 0.159. The Morgan fingerprint density at radius 2 is 1.19 bits per heavy atom. The van der Waals surface area contributed by atoms with Gasteiger partial charge in [-0.3, -0.25) is 9.69 Å². The van der Waals surface area contributed by atoms with E-state index < -0.39 is 0 Å². The molecular weight excluding hydrogens is 532 g/mol. The van der Waals surface area contributed by atoms with Crippen LogP contribution in [-0.2, 0) is 24.3 Å². The first kappa shape index (κ1) is 30.0. The fourth-order valence-electron chi connectivity index (χ4n) is 5.38. The number of aromatic amines is 2. The number of rotatable bonds is 14. The number of hydrogen-bond donors (Lipinski definition) is 2. The molecule has 0 saturated carbocycles. The van der Waals surface area contributed by atoms with E-state index in [0.29, 0.717) is 13.0 Å². The van der Waals surface area contributed by atoms with Crippen molar-refractivity contribution in [2.45, 2.75) is 52.6 Å². The Morgan fingerprint density at radius 1 is 0.674 bits per heavy atom. The molecule has 1 amide bonds. The van der Waals surface area contributed by atoms with Crippen LogP contribution in [0.4, 0.5) is 0 Å². The zero-order valence-electron chi connectivity index (χ0n) is 25.5. The highest BCUT2D eigenvalue weighted by Crippen LogP contribution is 2.27. The van der Waals surface area contributed by atoms with E-state index in [9.17, 15) is 4.79 Å². The molecule has 222 valence electrons. The average molecular weight is 575 g/mol. The first-order chi connectivity index (χ1) is 21.0. The third kappa shape index (κ3) is 8.08. The van der Waals surface area contributed by atoms with Crippen molar-refractivity contribution < 1.29 is 4.79 Å². The Morgan fingerprint density at radius 3 is 1.72 bits per heavy atom. The molecule has 0 aliphatic heterocycles. The van der Waals surface area contributed by atoms with Gasteiger partial charge in [0, 0.05) is 13.0 Å². The molecule has 0 atom stereocenters. The first-order valence-corrected chi connectivity index (χ1v) is 15.3. The molecule has 2 aromatic heterocycles. The molecule has 5 rings (SSSR count). The summed E-state index contributed by atoms with van der Waals surface area (Å²) in [7, 11) is 2.12. The number of nitrogens with zero attached hydrogens (tertiary/aromatic N) is 4. The molecule has 0 fully saturated rings. The SMILES string of the molecule is CCCN(C)Cc1ncc(-c2ccc(-c3ccc(-c4cnc(CN(CCC)C(=O)CCc5ccccc5)[nH]4)cc3)cc2)[nH]1. The van der Waals surface area contributed by atoms with Crippen LogP contribution in [-0.4, -0.2) is 55.8 Å². The number of amides is 1. The molecule has 0 unspecified atom stereocenters. The van der Waals surface area contributed by atoms with E-state index in [1.807, 2.05) is 35.5 Å². The van der Waals surface area contributed by atoms with Gasteiger partial charge in [0.1, 0.15) is 11.6 Å². The lowest BCUT2D eigenvalue weighted by Gasteiger charge is -2.21. The van der Waals surface area contributed by atoms with Gasteiger partial charge in [-0.15, -0.1) is 0 Å². The molecule has 7 heteroatoms. The van der Waals surface area contributed by atoms with Crippen molar-refractivity contribution >= 4 is 5.91 Å². The van der Waals surface area contributed by atoms with Crippen LogP contribution < -0.4 is 0 Å². The lowest BCUT2D eigenvalue weighted by Crippen LogP contribution is -2.31. The largest absolute Gasteiger partial charge is 0.341 e. The van der Waals surface area contributed by atoms with Gasteiger partial charge in [0.15, 0.2) is 0 Å². The van der Waals surface area contributed by atoms with Crippen LogP contribution in [0.3, 0.4) is 0 Å². The van der Waals surface area contributed by atoms with Crippen molar-refractivity contribution in [2.75, 3.05) is 20.1 Å². The molecule has 0 aliphatic carbocycles. The highest BCUT2D eigenvalue weighted by Gasteiger charge is 2.15. The Bertz CT molecular complexity index is 1570. The van der Waals surface area contributed by atoms with Crippen molar-refractivity contribution in [3.8, 4) is 33.6 Å². The number of imidazole rings is 2. The van der Waals surface area contributed by atoms with Gasteiger partial charge >= 0.3 is 0 Å². The summed E-state index contributed by atoms with van der Waals surface area (Å²) in [4.78, 5) is 33.2. The second-order valence-corrected chi connectivity index (χ2v) is 11.2. The molecule has 2 N–H and O–H groups in total. The number of carbonyl (C=O) groups is 1. The van der Waals surface area contributed by atoms with Gasteiger partial charge in [0.05, 0.1) is 36.9 Å². The Kier molecular flexibility index (Phi) is 10.2. The lowest BCUT2D eigenvalue weighted by atomic mass is 10.0. The Labute approximate surface area is 255 Å². The van der Waals surface area contributed by atoms with E-state index in [1.165, 1.54) is 5.56 Å². The minimum Gasteiger partial charge on any atom is -0.341 e. The van der Waals surface area contributed by atoms with Crippen LogP contribution >= 0.6 is 0 Å². The summed E-state index contributed by atoms with van der Waals surface area (Å²) in [6, 6.07) is 27.3. The second-order valence-electron chi connectivity index (χ2n) is 11.2. The summed E-state index contributed by atoms with van der Waals surface area (Å²) < 4.78 is 0. The van der Waals surface area contributed by atoms with Crippen LogP contribution in [0.15, 0.2) is 91.3 Å². The molecular formula is C36H42N6O. The van der Waals surface area contributed by atoms with E-state index in [2.05, 4.69) is 106 Å². The summed E-state index contributed by atoms with van der Waals surface area (Å²) in [5.74, 6) is 1.95. The molecule has 3 aromatic carbocycles. The molecule has 7 nitrogen and oxygen atoms in total. The van der Waals surface area contributed by atoms with Crippen LogP contribution in [0.5, 0.6) is 0 Å². The molecule has 0 radical (unpaired) electrons. The molecule has 0 saturated heterocycles. The summed E-state index contributed by atoms with van der Waals surface area (Å²) in [5, 5.41) is 0. The van der Waals surface area contributed by atoms with E-state index in [0.717, 1.165) is 84.2 Å². The summed E-state index contributed by atoms with van der Waals surface area (Å²) >= 11 is 0. The minimum atomic E-state index is 0.159. The van der Waals surface area contributed by atoms with Gasteiger partial charge in [0.2, 0.25) is 5.91 Å². The third-order valence-corrected chi connectivity index (χ3v) is 7.66. The number of H-pyrrole nitrogens is 2. The topological polar surface area (TPSA) is 80.9 Å². The molecule has 0 spiro atoms. The van der Waals surface area contributed by atoms with Crippen LogP contribution in [0.25, 0.3) is 33.6 Å². The second kappa shape index (κ2) is 14.6. The van der Waals surface area contributed by atoms with Gasteiger partial charge in [-0.2, -0.15) is 0 Å². The summed E-state index contributed by atoms with van der Waals surface area (Å²) in [5.41, 5.74) is 7.67. The monoisotopic (exact) mass is 574 g/mol. The number of aromatic nitrogens is 4. The van der Waals surface area contributed by atoms with Crippen LogP contribution in [0.2, 0.25) is 0 Å². The van der Waals surface area contributed by atoms with Crippen LogP contribution in [0.1, 0.15) is 50.3 Å². The third-order valence-electron chi connectivity index (χ3n) is 7.66. The fraction of sp³-hybridized carbons (Fsp3) is 0.306. The Hall–Kier alpha value is -4.49. The summed E-state index contributed by atoms with van der Waals surface area (Å²) in [6.45, 7) is 7.36. The molecule has 43 heavy (non-hydrogen) atoms. The van der Waals surface area contributed by atoms with E-state index in [4.69, 9.17) is 0 Å². The number of nitrogens with one attached hydrogen (secondary N) is 2. The number of carbonyl (C=O) groups excluding carboxylic acids is 1. The van der Waals surface area contributed by atoms with Gasteiger partial charge < -0.3 is 14.9 Å². The fourth-order valence-corrected chi connectivity index (χ4v) is 5.38. The van der Waals surface area contributed by atoms with Gasteiger partial charge in [0.25, 0.3) is 0 Å². The number of hydrogen-bond acceptors (Lipinski definition) is 4. The van der Waals surface area contributed by atoms with Crippen molar-refractivity contribution in [1.29, 1.82) is 0 Å².